The molecule has 0 aliphatic heterocycles. The van der Waals surface area contributed by atoms with E-state index in [1.807, 2.05) is 0 Å². The molecule has 0 saturated carbocycles. The monoisotopic (exact) mass is 791 g/mol. The van der Waals surface area contributed by atoms with Crippen LogP contribution in [0.25, 0.3) is 77.5 Å². The summed E-state index contributed by atoms with van der Waals surface area (Å²) >= 11 is 0. The number of hydrogen-bond acceptors (Lipinski definition) is 1. The Bertz CT molecular complexity index is 3210. The Hall–Kier alpha value is -7.74. The van der Waals surface area contributed by atoms with E-state index < -0.39 is 0 Å². The summed E-state index contributed by atoms with van der Waals surface area (Å²) in [6, 6.07) is 86.5. The zero-order valence-electron chi connectivity index (χ0n) is 35.0. The summed E-state index contributed by atoms with van der Waals surface area (Å²) in [5, 5.41) is 2.51. The van der Waals surface area contributed by atoms with Crippen molar-refractivity contribution in [2.45, 2.75) is 19.3 Å². The second kappa shape index (κ2) is 15.4. The fourth-order valence-corrected chi connectivity index (χ4v) is 9.47. The molecule has 0 aromatic heterocycles. The highest BCUT2D eigenvalue weighted by molar-refractivity contribution is 5.89. The lowest BCUT2D eigenvalue weighted by atomic mass is 9.81. The molecule has 0 atom stereocenters. The molecule has 0 heterocycles. The number of rotatable bonds is 8. The van der Waals surface area contributed by atoms with Crippen LogP contribution < -0.4 is 4.90 Å². The van der Waals surface area contributed by atoms with Crippen LogP contribution in [0, 0.1) is 0 Å². The molecule has 62 heavy (non-hydrogen) atoms. The van der Waals surface area contributed by atoms with Gasteiger partial charge < -0.3 is 4.90 Å². The second-order valence-corrected chi connectivity index (χ2v) is 17.0. The summed E-state index contributed by atoms with van der Waals surface area (Å²) in [5.41, 5.74) is 20.8. The molecule has 0 N–H and O–H groups in total. The van der Waals surface area contributed by atoms with Gasteiger partial charge in [0.1, 0.15) is 0 Å². The predicted octanol–water partition coefficient (Wildman–Crippen LogP) is 17.0. The third-order valence-corrected chi connectivity index (χ3v) is 12.9. The van der Waals surface area contributed by atoms with Crippen LogP contribution in [0.5, 0.6) is 0 Å². The first-order valence-electron chi connectivity index (χ1n) is 21.6. The molecule has 1 aliphatic carbocycles. The highest BCUT2D eigenvalue weighted by Crippen LogP contribution is 2.49. The standard InChI is InChI=1S/C61H45N/c1-61(2)59-18-9-8-17-57(59)58-38-31-53(41-60(58)61)48-29-36-56(37-30-48)62(54-32-25-46(26-33-54)45-21-19-44(20-22-45)42-11-4-3-5-12-42)55-34-27-47(28-35-55)50-15-10-16-51(39-50)52-24-23-43-13-6-7-14-49(43)40-52/h3-41H,1-2H3. The molecule has 294 valence electrons. The molecule has 1 heteroatoms. The highest BCUT2D eigenvalue weighted by Gasteiger charge is 2.35. The number of anilines is 3. The number of hydrogen-bond donors (Lipinski definition) is 0. The van der Waals surface area contributed by atoms with Crippen LogP contribution >= 0.6 is 0 Å². The Labute approximate surface area is 364 Å². The van der Waals surface area contributed by atoms with Crippen molar-refractivity contribution >= 4 is 27.8 Å². The van der Waals surface area contributed by atoms with Gasteiger partial charge in [0.15, 0.2) is 0 Å². The van der Waals surface area contributed by atoms with Gasteiger partial charge in [0, 0.05) is 22.5 Å². The molecule has 0 fully saturated rings. The van der Waals surface area contributed by atoms with Gasteiger partial charge in [-0.15, -0.1) is 0 Å². The van der Waals surface area contributed by atoms with Crippen molar-refractivity contribution < 1.29 is 0 Å². The van der Waals surface area contributed by atoms with E-state index in [2.05, 4.69) is 255 Å². The summed E-state index contributed by atoms with van der Waals surface area (Å²) in [6.07, 6.45) is 0. The third-order valence-electron chi connectivity index (χ3n) is 12.9. The SMILES string of the molecule is CC1(C)c2ccccc2-c2ccc(-c3ccc(N(c4ccc(-c5ccc(-c6ccccc6)cc5)cc4)c4ccc(-c5cccc(-c6ccc7ccccc7c6)c5)cc4)cc3)cc21. The van der Waals surface area contributed by atoms with E-state index in [0.29, 0.717) is 0 Å². The lowest BCUT2D eigenvalue weighted by Gasteiger charge is -2.26. The molecule has 0 amide bonds. The second-order valence-electron chi connectivity index (χ2n) is 17.0. The van der Waals surface area contributed by atoms with E-state index in [1.54, 1.807) is 0 Å². The Morgan fingerprint density at radius 1 is 0.258 bits per heavy atom. The minimum Gasteiger partial charge on any atom is -0.311 e. The van der Waals surface area contributed by atoms with Gasteiger partial charge in [0.05, 0.1) is 0 Å². The van der Waals surface area contributed by atoms with Crippen LogP contribution in [0.1, 0.15) is 25.0 Å². The number of nitrogens with zero attached hydrogens (tertiary/aromatic N) is 1. The summed E-state index contributed by atoms with van der Waals surface area (Å²) in [5.74, 6) is 0. The Kier molecular flexibility index (Phi) is 9.24. The first-order valence-corrected chi connectivity index (χ1v) is 21.6. The molecule has 1 aliphatic rings. The predicted molar refractivity (Wildman–Crippen MR) is 263 cm³/mol. The maximum absolute atomic E-state index is 2.40. The molecule has 0 spiro atoms. The van der Waals surface area contributed by atoms with Crippen LogP contribution in [-0.4, -0.2) is 0 Å². The Morgan fingerprint density at radius 3 is 1.26 bits per heavy atom. The molecule has 10 aromatic rings. The fraction of sp³-hybridized carbons (Fsp3) is 0.0492. The van der Waals surface area contributed by atoms with Crippen molar-refractivity contribution in [2.75, 3.05) is 4.90 Å². The van der Waals surface area contributed by atoms with E-state index >= 15 is 0 Å². The lowest BCUT2D eigenvalue weighted by molar-refractivity contribution is 0.660. The Morgan fingerprint density at radius 2 is 0.645 bits per heavy atom. The van der Waals surface area contributed by atoms with Crippen LogP contribution in [0.15, 0.2) is 237 Å². The van der Waals surface area contributed by atoms with Gasteiger partial charge in [-0.2, -0.15) is 0 Å². The number of benzene rings is 10. The van der Waals surface area contributed by atoms with Crippen LogP contribution in [-0.2, 0) is 5.41 Å². The van der Waals surface area contributed by atoms with Crippen molar-refractivity contribution in [1.82, 2.24) is 0 Å². The fourth-order valence-electron chi connectivity index (χ4n) is 9.47. The van der Waals surface area contributed by atoms with Gasteiger partial charge in [-0.25, -0.2) is 0 Å². The topological polar surface area (TPSA) is 3.24 Å². The lowest BCUT2D eigenvalue weighted by Crippen LogP contribution is -2.14. The Balaban J connectivity index is 0.926. The van der Waals surface area contributed by atoms with E-state index in [1.165, 1.54) is 88.7 Å². The van der Waals surface area contributed by atoms with Crippen molar-refractivity contribution in [3.05, 3.63) is 248 Å². The molecule has 11 rings (SSSR count). The van der Waals surface area contributed by atoms with Crippen LogP contribution in [0.3, 0.4) is 0 Å². The summed E-state index contributed by atoms with van der Waals surface area (Å²) < 4.78 is 0. The van der Waals surface area contributed by atoms with Crippen molar-refractivity contribution in [1.29, 1.82) is 0 Å². The molecule has 1 nitrogen and oxygen atoms in total. The van der Waals surface area contributed by atoms with Crippen LogP contribution in [0.4, 0.5) is 17.1 Å². The molecule has 0 unspecified atom stereocenters. The third kappa shape index (κ3) is 6.79. The maximum atomic E-state index is 2.40. The average Bonchev–Trinajstić information content (AvgIpc) is 3.57. The van der Waals surface area contributed by atoms with E-state index in [0.717, 1.165) is 17.1 Å². The first-order chi connectivity index (χ1) is 30.5. The highest BCUT2D eigenvalue weighted by atomic mass is 15.1. The van der Waals surface area contributed by atoms with Crippen LogP contribution in [0.2, 0.25) is 0 Å². The molecule has 0 bridgehead atoms. The quantitative estimate of drug-likeness (QED) is 0.148. The van der Waals surface area contributed by atoms with Crippen molar-refractivity contribution in [2.24, 2.45) is 0 Å². The van der Waals surface area contributed by atoms with Gasteiger partial charge in [-0.1, -0.05) is 196 Å². The smallest absolute Gasteiger partial charge is 0.0462 e. The maximum Gasteiger partial charge on any atom is 0.0462 e. The van der Waals surface area contributed by atoms with Gasteiger partial charge in [0.25, 0.3) is 0 Å². The summed E-state index contributed by atoms with van der Waals surface area (Å²) in [7, 11) is 0. The van der Waals surface area contributed by atoms with E-state index in [-0.39, 0.29) is 5.41 Å². The molecule has 0 saturated heterocycles. The molecule has 0 radical (unpaired) electrons. The van der Waals surface area contributed by atoms with Crippen molar-refractivity contribution in [3.63, 3.8) is 0 Å². The summed E-state index contributed by atoms with van der Waals surface area (Å²) in [4.78, 5) is 2.36. The summed E-state index contributed by atoms with van der Waals surface area (Å²) in [6.45, 7) is 4.70. The number of fused-ring (bicyclic) bond motifs is 4. The zero-order chi connectivity index (χ0) is 41.6. The molecular formula is C61H45N. The van der Waals surface area contributed by atoms with Gasteiger partial charge in [-0.05, 0) is 143 Å². The molecule has 10 aromatic carbocycles. The van der Waals surface area contributed by atoms with Gasteiger partial charge in [-0.3, -0.25) is 0 Å². The van der Waals surface area contributed by atoms with E-state index in [9.17, 15) is 0 Å². The van der Waals surface area contributed by atoms with Gasteiger partial charge >= 0.3 is 0 Å². The average molecular weight is 792 g/mol. The normalized spacial score (nSPS) is 12.5. The first kappa shape index (κ1) is 37.3. The largest absolute Gasteiger partial charge is 0.311 e. The molecular weight excluding hydrogens is 747 g/mol. The van der Waals surface area contributed by atoms with E-state index in [4.69, 9.17) is 0 Å². The minimum atomic E-state index is -0.0430. The van der Waals surface area contributed by atoms with Crippen molar-refractivity contribution in [3.8, 4) is 66.8 Å². The minimum absolute atomic E-state index is 0.0430. The zero-order valence-corrected chi connectivity index (χ0v) is 35.0. The van der Waals surface area contributed by atoms with Gasteiger partial charge in [0.2, 0.25) is 0 Å².